The van der Waals surface area contributed by atoms with E-state index in [1.807, 2.05) is 12.1 Å². The highest BCUT2D eigenvalue weighted by molar-refractivity contribution is 5.99. The third kappa shape index (κ3) is 1.59. The molecular formula is C15H18O. The van der Waals surface area contributed by atoms with E-state index in [1.165, 1.54) is 31.2 Å². The number of carbonyl (C=O) groups excluding carboxylic acids is 1. The molecule has 2 unspecified atom stereocenters. The number of hydrogen-bond acceptors (Lipinski definition) is 1. The van der Waals surface area contributed by atoms with Crippen LogP contribution in [0.5, 0.6) is 0 Å². The zero-order valence-electron chi connectivity index (χ0n) is 9.61. The van der Waals surface area contributed by atoms with Crippen molar-refractivity contribution in [2.45, 2.75) is 38.5 Å². The molecule has 84 valence electrons. The number of Topliss-reactive ketones (excluding diaryl/α,β-unsaturated/α-hetero) is 1. The van der Waals surface area contributed by atoms with Crippen LogP contribution in [-0.4, -0.2) is 5.78 Å². The van der Waals surface area contributed by atoms with Gasteiger partial charge in [0.1, 0.15) is 0 Å². The summed E-state index contributed by atoms with van der Waals surface area (Å²) in [6.07, 6.45) is 7.28. The van der Waals surface area contributed by atoms with Gasteiger partial charge in [-0.2, -0.15) is 0 Å². The zero-order valence-corrected chi connectivity index (χ0v) is 9.61. The first-order chi connectivity index (χ1) is 7.86. The van der Waals surface area contributed by atoms with Crippen LogP contribution in [0.4, 0.5) is 0 Å². The SMILES string of the molecule is O=C1c2ccccc2CCC2CCCCC12. The Morgan fingerprint density at radius 2 is 1.81 bits per heavy atom. The zero-order chi connectivity index (χ0) is 11.0. The maximum atomic E-state index is 12.5. The molecule has 0 saturated heterocycles. The third-order valence-electron chi connectivity index (χ3n) is 4.31. The molecule has 1 saturated carbocycles. The lowest BCUT2D eigenvalue weighted by Gasteiger charge is -2.28. The van der Waals surface area contributed by atoms with Gasteiger partial charge in [-0.15, -0.1) is 0 Å². The van der Waals surface area contributed by atoms with Crippen LogP contribution in [-0.2, 0) is 6.42 Å². The summed E-state index contributed by atoms with van der Waals surface area (Å²) >= 11 is 0. The molecule has 2 aliphatic carbocycles. The summed E-state index contributed by atoms with van der Waals surface area (Å²) in [5, 5.41) is 0. The van der Waals surface area contributed by atoms with Crippen molar-refractivity contribution in [1.82, 2.24) is 0 Å². The van der Waals surface area contributed by atoms with E-state index in [-0.39, 0.29) is 0 Å². The Balaban J connectivity index is 1.99. The molecule has 2 atom stereocenters. The Kier molecular flexibility index (Phi) is 2.55. The average molecular weight is 214 g/mol. The largest absolute Gasteiger partial charge is 0.294 e. The van der Waals surface area contributed by atoms with Crippen molar-refractivity contribution < 1.29 is 4.79 Å². The van der Waals surface area contributed by atoms with Gasteiger partial charge in [-0.25, -0.2) is 0 Å². The molecule has 1 aromatic rings. The van der Waals surface area contributed by atoms with Crippen molar-refractivity contribution in [3.05, 3.63) is 35.4 Å². The van der Waals surface area contributed by atoms with Gasteiger partial charge in [0, 0.05) is 11.5 Å². The maximum Gasteiger partial charge on any atom is 0.166 e. The predicted octanol–water partition coefficient (Wildman–Crippen LogP) is 3.62. The second-order valence-corrected chi connectivity index (χ2v) is 5.21. The van der Waals surface area contributed by atoms with Crippen molar-refractivity contribution in [3.63, 3.8) is 0 Å². The van der Waals surface area contributed by atoms with E-state index in [1.54, 1.807) is 0 Å². The normalized spacial score (nSPS) is 29.1. The molecule has 1 heteroatoms. The lowest BCUT2D eigenvalue weighted by Crippen LogP contribution is -2.25. The average Bonchev–Trinajstić information content (AvgIpc) is 2.49. The van der Waals surface area contributed by atoms with Gasteiger partial charge in [-0.3, -0.25) is 4.79 Å². The topological polar surface area (TPSA) is 17.1 Å². The molecular weight excluding hydrogens is 196 g/mol. The number of benzene rings is 1. The van der Waals surface area contributed by atoms with Crippen LogP contribution in [0, 0.1) is 11.8 Å². The minimum Gasteiger partial charge on any atom is -0.294 e. The van der Waals surface area contributed by atoms with Crippen LogP contribution in [0.1, 0.15) is 48.0 Å². The molecule has 0 bridgehead atoms. The van der Waals surface area contributed by atoms with Crippen LogP contribution < -0.4 is 0 Å². The van der Waals surface area contributed by atoms with Gasteiger partial charge >= 0.3 is 0 Å². The van der Waals surface area contributed by atoms with Crippen LogP contribution >= 0.6 is 0 Å². The molecule has 1 aromatic carbocycles. The van der Waals surface area contributed by atoms with E-state index >= 15 is 0 Å². The van der Waals surface area contributed by atoms with Crippen molar-refractivity contribution in [2.24, 2.45) is 11.8 Å². The predicted molar refractivity (Wildman–Crippen MR) is 64.5 cm³/mol. The highest BCUT2D eigenvalue weighted by Gasteiger charge is 2.34. The second-order valence-electron chi connectivity index (χ2n) is 5.21. The van der Waals surface area contributed by atoms with E-state index in [4.69, 9.17) is 0 Å². The molecule has 0 amide bonds. The molecule has 0 spiro atoms. The molecule has 1 nitrogen and oxygen atoms in total. The lowest BCUT2D eigenvalue weighted by atomic mass is 9.75. The number of rotatable bonds is 0. The smallest absolute Gasteiger partial charge is 0.166 e. The Bertz CT molecular complexity index is 408. The fourth-order valence-corrected chi connectivity index (χ4v) is 3.42. The van der Waals surface area contributed by atoms with Gasteiger partial charge in [-0.05, 0) is 37.2 Å². The first kappa shape index (κ1) is 10.1. The van der Waals surface area contributed by atoms with E-state index in [2.05, 4.69) is 12.1 Å². The van der Waals surface area contributed by atoms with Crippen LogP contribution in [0.15, 0.2) is 24.3 Å². The van der Waals surface area contributed by atoms with Gasteiger partial charge in [0.25, 0.3) is 0 Å². The molecule has 0 aliphatic heterocycles. The number of fused-ring (bicyclic) bond motifs is 2. The summed E-state index contributed by atoms with van der Waals surface area (Å²) in [6.45, 7) is 0. The van der Waals surface area contributed by atoms with E-state index in [0.29, 0.717) is 17.6 Å². The number of carbonyl (C=O) groups is 1. The van der Waals surface area contributed by atoms with Gasteiger partial charge < -0.3 is 0 Å². The summed E-state index contributed by atoms with van der Waals surface area (Å²) in [5.41, 5.74) is 2.29. The van der Waals surface area contributed by atoms with Gasteiger partial charge in [0.15, 0.2) is 5.78 Å². The second kappa shape index (κ2) is 4.04. The Morgan fingerprint density at radius 1 is 1.00 bits per heavy atom. The van der Waals surface area contributed by atoms with Gasteiger partial charge in [0.2, 0.25) is 0 Å². The summed E-state index contributed by atoms with van der Waals surface area (Å²) in [7, 11) is 0. The van der Waals surface area contributed by atoms with Crippen molar-refractivity contribution in [3.8, 4) is 0 Å². The Labute approximate surface area is 96.9 Å². The molecule has 3 rings (SSSR count). The summed E-state index contributed by atoms with van der Waals surface area (Å²) in [6, 6.07) is 8.21. The molecule has 0 radical (unpaired) electrons. The minimum absolute atomic E-state index is 0.331. The molecule has 1 fully saturated rings. The first-order valence-electron chi connectivity index (χ1n) is 6.48. The Morgan fingerprint density at radius 3 is 2.75 bits per heavy atom. The standard InChI is InChI=1S/C15H18O/c16-15-13-7-3-1-5-11(13)9-10-12-6-2-4-8-14(12)15/h1,3,5,7,12,14H,2,4,6,8-10H2. The molecule has 0 heterocycles. The third-order valence-corrected chi connectivity index (χ3v) is 4.31. The molecule has 2 aliphatic rings. The number of hydrogen-bond donors (Lipinski definition) is 0. The highest BCUT2D eigenvalue weighted by Crippen LogP contribution is 2.38. The van der Waals surface area contributed by atoms with Crippen molar-refractivity contribution in [2.75, 3.05) is 0 Å². The number of ketones is 1. The van der Waals surface area contributed by atoms with Crippen LogP contribution in [0.2, 0.25) is 0 Å². The van der Waals surface area contributed by atoms with E-state index in [9.17, 15) is 4.79 Å². The Hall–Kier alpha value is -1.11. The summed E-state index contributed by atoms with van der Waals surface area (Å²) < 4.78 is 0. The highest BCUT2D eigenvalue weighted by atomic mass is 16.1. The monoisotopic (exact) mass is 214 g/mol. The minimum atomic E-state index is 0.331. The van der Waals surface area contributed by atoms with E-state index in [0.717, 1.165) is 18.4 Å². The van der Waals surface area contributed by atoms with Gasteiger partial charge in [-0.1, -0.05) is 37.1 Å². The maximum absolute atomic E-state index is 12.5. The van der Waals surface area contributed by atoms with Crippen molar-refractivity contribution >= 4 is 5.78 Å². The lowest BCUT2D eigenvalue weighted by molar-refractivity contribution is 0.0827. The summed E-state index contributed by atoms with van der Waals surface area (Å²) in [4.78, 5) is 12.5. The quantitative estimate of drug-likeness (QED) is 0.644. The fraction of sp³-hybridized carbons (Fsp3) is 0.533. The number of aryl methyl sites for hydroxylation is 1. The van der Waals surface area contributed by atoms with Crippen LogP contribution in [0.25, 0.3) is 0 Å². The van der Waals surface area contributed by atoms with Crippen LogP contribution in [0.3, 0.4) is 0 Å². The molecule has 0 N–H and O–H groups in total. The first-order valence-corrected chi connectivity index (χ1v) is 6.48. The van der Waals surface area contributed by atoms with Gasteiger partial charge in [0.05, 0.1) is 0 Å². The summed E-state index contributed by atoms with van der Waals surface area (Å²) in [5.74, 6) is 1.42. The molecule has 0 aromatic heterocycles. The fourth-order valence-electron chi connectivity index (χ4n) is 3.42. The van der Waals surface area contributed by atoms with Crippen molar-refractivity contribution in [1.29, 1.82) is 0 Å². The molecule has 16 heavy (non-hydrogen) atoms. The van der Waals surface area contributed by atoms with E-state index < -0.39 is 0 Å².